The lowest BCUT2D eigenvalue weighted by Gasteiger charge is -2.24. The smallest absolute Gasteiger partial charge is 0.261 e. The van der Waals surface area contributed by atoms with E-state index < -0.39 is 17.8 Å². The van der Waals surface area contributed by atoms with E-state index >= 15 is 0 Å². The number of alkyl halides is 5. The van der Waals surface area contributed by atoms with Gasteiger partial charge >= 0.3 is 6.18 Å². The zero-order chi connectivity index (χ0) is 20.2. The molecule has 2 rings (SSSR count). The van der Waals surface area contributed by atoms with Gasteiger partial charge in [-0.05, 0) is 42.7 Å². The second kappa shape index (κ2) is 8.02. The first-order valence-electron chi connectivity index (χ1n) is 8.25. The Hall–Kier alpha value is -2.51. The Bertz CT molecular complexity index is 778. The van der Waals surface area contributed by atoms with E-state index in [0.29, 0.717) is 22.5 Å². The molecule has 0 saturated carbocycles. The standard InChI is InChI=1S/C19H20F5N3/c1-4-13(2)27(12-15-7-10-25-17(11-15)19(22,23)24)26-14(3)16-5-8-18(20,21)9-6-16/h4-5,7,10-11H,1-2,6,8-9,12H2,3H3/b26-14+. The summed E-state index contributed by atoms with van der Waals surface area (Å²) < 4.78 is 65.1. The van der Waals surface area contributed by atoms with E-state index in [1.165, 1.54) is 23.2 Å². The lowest BCUT2D eigenvalue weighted by Crippen LogP contribution is -2.22. The highest BCUT2D eigenvalue weighted by Crippen LogP contribution is 2.33. The van der Waals surface area contributed by atoms with E-state index in [0.717, 1.165) is 12.3 Å². The highest BCUT2D eigenvalue weighted by molar-refractivity contribution is 5.98. The first-order valence-corrected chi connectivity index (χ1v) is 8.25. The summed E-state index contributed by atoms with van der Waals surface area (Å²) in [5, 5.41) is 5.76. The molecule has 0 spiro atoms. The van der Waals surface area contributed by atoms with Crippen LogP contribution in [0.4, 0.5) is 22.0 Å². The van der Waals surface area contributed by atoms with Crippen LogP contribution in [0.1, 0.15) is 37.4 Å². The van der Waals surface area contributed by atoms with Gasteiger partial charge in [-0.25, -0.2) is 8.78 Å². The summed E-state index contributed by atoms with van der Waals surface area (Å²) in [4.78, 5) is 3.33. The summed E-state index contributed by atoms with van der Waals surface area (Å²) in [6, 6.07) is 2.39. The zero-order valence-corrected chi connectivity index (χ0v) is 14.9. The van der Waals surface area contributed by atoms with Crippen LogP contribution in [0.3, 0.4) is 0 Å². The van der Waals surface area contributed by atoms with Gasteiger partial charge in [0.1, 0.15) is 5.69 Å². The molecular weight excluding hydrogens is 365 g/mol. The van der Waals surface area contributed by atoms with Crippen LogP contribution in [0.5, 0.6) is 0 Å². The van der Waals surface area contributed by atoms with Crippen molar-refractivity contribution in [3.05, 3.63) is 66.2 Å². The molecular formula is C19H20F5N3. The van der Waals surface area contributed by atoms with Crippen LogP contribution < -0.4 is 0 Å². The summed E-state index contributed by atoms with van der Waals surface area (Å²) in [5.74, 6) is -2.71. The molecule has 0 radical (unpaired) electrons. The molecule has 0 amide bonds. The molecule has 3 nitrogen and oxygen atoms in total. The van der Waals surface area contributed by atoms with Crippen LogP contribution in [0.2, 0.25) is 0 Å². The minimum absolute atomic E-state index is 0.0111. The summed E-state index contributed by atoms with van der Waals surface area (Å²) in [6.45, 7) is 9.07. The molecule has 0 atom stereocenters. The van der Waals surface area contributed by atoms with Crippen LogP contribution >= 0.6 is 0 Å². The predicted octanol–water partition coefficient (Wildman–Crippen LogP) is 5.72. The third-order valence-corrected chi connectivity index (χ3v) is 4.16. The Morgan fingerprint density at radius 2 is 2.11 bits per heavy atom. The fourth-order valence-electron chi connectivity index (χ4n) is 2.58. The Morgan fingerprint density at radius 3 is 2.67 bits per heavy atom. The topological polar surface area (TPSA) is 28.5 Å². The summed E-state index contributed by atoms with van der Waals surface area (Å²) in [7, 11) is 0. The molecule has 0 aromatic carbocycles. The van der Waals surface area contributed by atoms with Crippen molar-refractivity contribution < 1.29 is 22.0 Å². The second-order valence-corrected chi connectivity index (χ2v) is 6.28. The number of hydrogen-bond donors (Lipinski definition) is 0. The zero-order valence-electron chi connectivity index (χ0n) is 14.9. The van der Waals surface area contributed by atoms with Crippen LogP contribution in [0, 0.1) is 0 Å². The van der Waals surface area contributed by atoms with Gasteiger partial charge in [-0.3, -0.25) is 9.99 Å². The Kier molecular flexibility index (Phi) is 6.18. The van der Waals surface area contributed by atoms with Crippen molar-refractivity contribution in [3.63, 3.8) is 0 Å². The number of hydrogen-bond acceptors (Lipinski definition) is 3. The molecule has 1 aromatic heterocycles. The third-order valence-electron chi connectivity index (χ3n) is 4.16. The maximum absolute atomic E-state index is 13.3. The first kappa shape index (κ1) is 20.8. The molecule has 1 heterocycles. The van der Waals surface area contributed by atoms with Crippen molar-refractivity contribution in [1.29, 1.82) is 0 Å². The SMILES string of the molecule is C=CC(=C)N(Cc1ccnc(C(F)(F)F)c1)/N=C(\C)C1=CCC(F)(F)CC1. The number of halogens is 5. The Morgan fingerprint density at radius 1 is 1.41 bits per heavy atom. The van der Waals surface area contributed by atoms with Crippen molar-refractivity contribution in [1.82, 2.24) is 9.99 Å². The van der Waals surface area contributed by atoms with E-state index in [9.17, 15) is 22.0 Å². The largest absolute Gasteiger partial charge is 0.433 e. The molecule has 0 unspecified atom stereocenters. The molecule has 1 aliphatic carbocycles. The average molecular weight is 385 g/mol. The van der Waals surface area contributed by atoms with Crippen LogP contribution in [0.15, 0.2) is 60.0 Å². The van der Waals surface area contributed by atoms with Gasteiger partial charge in [0.05, 0.1) is 18.0 Å². The monoisotopic (exact) mass is 385 g/mol. The molecule has 0 fully saturated rings. The van der Waals surface area contributed by atoms with Crippen molar-refractivity contribution >= 4 is 5.71 Å². The van der Waals surface area contributed by atoms with E-state index in [2.05, 4.69) is 23.2 Å². The second-order valence-electron chi connectivity index (χ2n) is 6.28. The minimum atomic E-state index is -4.55. The molecule has 8 heteroatoms. The minimum Gasteiger partial charge on any atom is -0.261 e. The highest BCUT2D eigenvalue weighted by Gasteiger charge is 2.33. The van der Waals surface area contributed by atoms with Gasteiger partial charge in [-0.2, -0.15) is 18.3 Å². The van der Waals surface area contributed by atoms with Crippen LogP contribution in [0.25, 0.3) is 0 Å². The predicted molar refractivity (Wildman–Crippen MR) is 94.1 cm³/mol. The van der Waals surface area contributed by atoms with Gasteiger partial charge < -0.3 is 0 Å². The van der Waals surface area contributed by atoms with Gasteiger partial charge in [-0.1, -0.05) is 19.2 Å². The Balaban J connectivity index is 2.25. The van der Waals surface area contributed by atoms with Crippen molar-refractivity contribution in [2.75, 3.05) is 0 Å². The van der Waals surface area contributed by atoms with E-state index in [1.807, 2.05) is 0 Å². The van der Waals surface area contributed by atoms with Crippen LogP contribution in [-0.4, -0.2) is 21.6 Å². The molecule has 0 saturated heterocycles. The fraction of sp³-hybridized carbons (Fsp3) is 0.368. The highest BCUT2D eigenvalue weighted by atomic mass is 19.4. The lowest BCUT2D eigenvalue weighted by atomic mass is 9.94. The maximum atomic E-state index is 13.3. The van der Waals surface area contributed by atoms with E-state index in [4.69, 9.17) is 0 Å². The van der Waals surface area contributed by atoms with E-state index in [-0.39, 0.29) is 25.8 Å². The fourth-order valence-corrected chi connectivity index (χ4v) is 2.58. The average Bonchev–Trinajstić information content (AvgIpc) is 2.59. The number of pyridine rings is 1. The van der Waals surface area contributed by atoms with Crippen molar-refractivity contribution in [3.8, 4) is 0 Å². The number of rotatable bonds is 6. The molecule has 0 aliphatic heterocycles. The molecule has 0 bridgehead atoms. The third kappa shape index (κ3) is 5.74. The molecule has 146 valence electrons. The summed E-state index contributed by atoms with van der Waals surface area (Å²) in [6.07, 6.45) is -1.02. The number of allylic oxidation sites excluding steroid dienone is 3. The van der Waals surface area contributed by atoms with Gasteiger partial charge in [0, 0.05) is 19.0 Å². The maximum Gasteiger partial charge on any atom is 0.433 e. The van der Waals surface area contributed by atoms with Crippen molar-refractivity contribution in [2.45, 2.75) is 44.8 Å². The summed E-state index contributed by atoms with van der Waals surface area (Å²) in [5.41, 5.74) is 0.914. The number of nitrogens with zero attached hydrogens (tertiary/aromatic N) is 3. The van der Waals surface area contributed by atoms with Gasteiger partial charge in [0.15, 0.2) is 0 Å². The van der Waals surface area contributed by atoms with Gasteiger partial charge in [0.2, 0.25) is 0 Å². The van der Waals surface area contributed by atoms with Crippen LogP contribution in [-0.2, 0) is 12.7 Å². The molecule has 1 aliphatic rings. The van der Waals surface area contributed by atoms with Gasteiger partial charge in [0.25, 0.3) is 5.92 Å². The molecule has 27 heavy (non-hydrogen) atoms. The van der Waals surface area contributed by atoms with Gasteiger partial charge in [-0.15, -0.1) is 0 Å². The van der Waals surface area contributed by atoms with Crippen molar-refractivity contribution in [2.24, 2.45) is 5.10 Å². The normalized spacial score (nSPS) is 17.3. The molecule has 0 N–H and O–H groups in total. The quantitative estimate of drug-likeness (QED) is 0.271. The summed E-state index contributed by atoms with van der Waals surface area (Å²) >= 11 is 0. The Labute approximate surface area is 154 Å². The lowest BCUT2D eigenvalue weighted by molar-refractivity contribution is -0.141. The van der Waals surface area contributed by atoms with E-state index in [1.54, 1.807) is 6.92 Å². The molecule has 1 aromatic rings. The number of hydrazone groups is 1. The first-order chi connectivity index (χ1) is 12.5. The number of aromatic nitrogens is 1.